The van der Waals surface area contributed by atoms with Crippen molar-refractivity contribution in [1.29, 1.82) is 0 Å². The van der Waals surface area contributed by atoms with E-state index in [2.05, 4.69) is 31.9 Å². The lowest BCUT2D eigenvalue weighted by Crippen LogP contribution is -2.19. The summed E-state index contributed by atoms with van der Waals surface area (Å²) >= 11 is 6.28. The lowest BCUT2D eigenvalue weighted by atomic mass is 10.3. The van der Waals surface area contributed by atoms with Gasteiger partial charge < -0.3 is 0 Å². The maximum Gasteiger partial charge on any atom is 0.264 e. The molecular formula is C8H14Br2O6S2. The molecule has 0 aromatic carbocycles. The predicted molar refractivity (Wildman–Crippen MR) is 75.7 cm³/mol. The summed E-state index contributed by atoms with van der Waals surface area (Å²) in [4.78, 5) is 0. The maximum atomic E-state index is 11.0. The first kappa shape index (κ1) is 18.5. The summed E-state index contributed by atoms with van der Waals surface area (Å²) in [5.74, 6) is 0. The Kier molecular flexibility index (Phi) is 6.99. The van der Waals surface area contributed by atoms with Crippen LogP contribution in [0, 0.1) is 0 Å². The fourth-order valence-corrected chi connectivity index (χ4v) is 3.32. The molecule has 0 spiro atoms. The van der Waals surface area contributed by atoms with E-state index in [-0.39, 0.29) is 0 Å². The van der Waals surface area contributed by atoms with Crippen molar-refractivity contribution in [3.05, 3.63) is 8.96 Å². The highest BCUT2D eigenvalue weighted by Gasteiger charge is 2.21. The van der Waals surface area contributed by atoms with Gasteiger partial charge in [0, 0.05) is 8.96 Å². The van der Waals surface area contributed by atoms with Crippen LogP contribution in [-0.2, 0) is 28.6 Å². The van der Waals surface area contributed by atoms with E-state index in [1.54, 1.807) is 0 Å². The zero-order chi connectivity index (χ0) is 14.7. The van der Waals surface area contributed by atoms with Crippen molar-refractivity contribution in [2.75, 3.05) is 12.5 Å². The molecule has 0 fully saturated rings. The van der Waals surface area contributed by atoms with E-state index in [0.717, 1.165) is 12.5 Å². The van der Waals surface area contributed by atoms with Gasteiger partial charge in [-0.1, -0.05) is 31.9 Å². The van der Waals surface area contributed by atoms with Crippen LogP contribution in [0.2, 0.25) is 0 Å². The van der Waals surface area contributed by atoms with Crippen molar-refractivity contribution >= 4 is 52.1 Å². The molecule has 0 saturated heterocycles. The van der Waals surface area contributed by atoms with Crippen LogP contribution in [0.5, 0.6) is 0 Å². The Bertz CT molecular complexity index is 474. The molecule has 10 heteroatoms. The van der Waals surface area contributed by atoms with E-state index in [9.17, 15) is 16.8 Å². The van der Waals surface area contributed by atoms with Gasteiger partial charge >= 0.3 is 0 Å². The van der Waals surface area contributed by atoms with Crippen molar-refractivity contribution in [2.24, 2.45) is 0 Å². The van der Waals surface area contributed by atoms with Crippen molar-refractivity contribution in [3.8, 4) is 0 Å². The number of halogens is 2. The minimum absolute atomic E-state index is 0.351. The molecule has 0 N–H and O–H groups in total. The molecule has 0 aliphatic carbocycles. The van der Waals surface area contributed by atoms with E-state index in [4.69, 9.17) is 8.37 Å². The molecule has 0 saturated carbocycles. The third-order valence-corrected chi connectivity index (χ3v) is 5.53. The summed E-state index contributed by atoms with van der Waals surface area (Å²) in [6, 6.07) is 0. The second kappa shape index (κ2) is 6.80. The van der Waals surface area contributed by atoms with Gasteiger partial charge in [-0.25, -0.2) is 0 Å². The van der Waals surface area contributed by atoms with Crippen LogP contribution < -0.4 is 0 Å². The average Bonchev–Trinajstić information content (AvgIpc) is 2.09. The minimum Gasteiger partial charge on any atom is -0.262 e. The summed E-state index contributed by atoms with van der Waals surface area (Å²) in [7, 11) is -7.21. The van der Waals surface area contributed by atoms with Gasteiger partial charge in [-0.2, -0.15) is 16.8 Å². The highest BCUT2D eigenvalue weighted by Crippen LogP contribution is 2.28. The Labute approximate surface area is 124 Å². The molecule has 2 atom stereocenters. The first-order valence-corrected chi connectivity index (χ1v) is 9.87. The summed E-state index contributed by atoms with van der Waals surface area (Å²) < 4.78 is 54.0. The summed E-state index contributed by atoms with van der Waals surface area (Å²) in [6.07, 6.45) is 0.266. The molecule has 0 aliphatic rings. The lowest BCUT2D eigenvalue weighted by Gasteiger charge is -2.16. The van der Waals surface area contributed by atoms with E-state index in [1.807, 2.05) is 0 Å². The molecule has 0 amide bonds. The van der Waals surface area contributed by atoms with Gasteiger partial charge in [-0.15, -0.1) is 0 Å². The highest BCUT2D eigenvalue weighted by atomic mass is 79.9. The molecule has 0 aromatic heterocycles. The predicted octanol–water partition coefficient (Wildman–Crippen LogP) is 1.72. The Morgan fingerprint density at radius 2 is 1.06 bits per heavy atom. The molecular weight excluding hydrogens is 416 g/mol. The lowest BCUT2D eigenvalue weighted by molar-refractivity contribution is 0.258. The van der Waals surface area contributed by atoms with Crippen LogP contribution >= 0.6 is 31.9 Å². The second-order valence-corrected chi connectivity index (χ2v) is 8.49. The van der Waals surface area contributed by atoms with Gasteiger partial charge in [0.15, 0.2) is 0 Å². The van der Waals surface area contributed by atoms with Crippen LogP contribution in [0.4, 0.5) is 0 Å². The van der Waals surface area contributed by atoms with Gasteiger partial charge in [0.2, 0.25) is 0 Å². The maximum absolute atomic E-state index is 11.0. The molecule has 2 unspecified atom stereocenters. The zero-order valence-electron chi connectivity index (χ0n) is 10.2. The molecule has 0 rings (SSSR count). The first-order valence-electron chi connectivity index (χ1n) is 4.65. The first-order chi connectivity index (χ1) is 7.83. The van der Waals surface area contributed by atoms with Crippen LogP contribution in [0.15, 0.2) is 8.96 Å². The van der Waals surface area contributed by atoms with Crippen LogP contribution in [0.25, 0.3) is 0 Å². The summed E-state index contributed by atoms with van der Waals surface area (Å²) in [6.45, 7) is 3.00. The summed E-state index contributed by atoms with van der Waals surface area (Å²) in [5, 5.41) is 0. The standard InChI is InChI=1S/C8H14Br2O6S2/c1-5(15-17(3,11)12)7(9)8(10)6(2)16-18(4,13)14/h5-6H,1-4H3. The Balaban J connectivity index is 5.01. The molecule has 0 radical (unpaired) electrons. The SMILES string of the molecule is CC(OS(C)(=O)=O)C(Br)=C(Br)C(C)OS(C)(=O)=O. The molecule has 0 aromatic rings. The average molecular weight is 430 g/mol. The number of hydrogen-bond donors (Lipinski definition) is 0. The molecule has 0 aliphatic heterocycles. The van der Waals surface area contributed by atoms with E-state index < -0.39 is 32.4 Å². The quantitative estimate of drug-likeness (QED) is 0.597. The van der Waals surface area contributed by atoms with Gasteiger partial charge in [-0.3, -0.25) is 8.37 Å². The van der Waals surface area contributed by atoms with Crippen molar-refractivity contribution < 1.29 is 25.2 Å². The number of hydrogen-bond acceptors (Lipinski definition) is 6. The second-order valence-electron chi connectivity index (χ2n) is 3.58. The van der Waals surface area contributed by atoms with Gasteiger partial charge in [0.05, 0.1) is 12.5 Å². The van der Waals surface area contributed by atoms with Crippen molar-refractivity contribution in [2.45, 2.75) is 26.1 Å². The molecule has 18 heavy (non-hydrogen) atoms. The third kappa shape index (κ3) is 7.85. The fraction of sp³-hybridized carbons (Fsp3) is 0.750. The van der Waals surface area contributed by atoms with Crippen LogP contribution in [0.3, 0.4) is 0 Å². The van der Waals surface area contributed by atoms with Gasteiger partial charge in [0.1, 0.15) is 12.2 Å². The Hall–Kier alpha value is 0.520. The fourth-order valence-electron chi connectivity index (χ4n) is 0.997. The Morgan fingerprint density at radius 3 is 1.22 bits per heavy atom. The van der Waals surface area contributed by atoms with E-state index >= 15 is 0 Å². The number of rotatable bonds is 6. The molecule has 0 bridgehead atoms. The highest BCUT2D eigenvalue weighted by molar-refractivity contribution is 9.14. The van der Waals surface area contributed by atoms with E-state index in [0.29, 0.717) is 8.96 Å². The van der Waals surface area contributed by atoms with Crippen LogP contribution in [0.1, 0.15) is 13.8 Å². The molecule has 0 heterocycles. The largest absolute Gasteiger partial charge is 0.264 e. The smallest absolute Gasteiger partial charge is 0.262 e. The van der Waals surface area contributed by atoms with Gasteiger partial charge in [-0.05, 0) is 13.8 Å². The van der Waals surface area contributed by atoms with Crippen molar-refractivity contribution in [3.63, 3.8) is 0 Å². The minimum atomic E-state index is -3.61. The van der Waals surface area contributed by atoms with Crippen LogP contribution in [-0.4, -0.2) is 41.6 Å². The van der Waals surface area contributed by atoms with Gasteiger partial charge in [0.25, 0.3) is 20.2 Å². The monoisotopic (exact) mass is 428 g/mol. The molecule has 6 nitrogen and oxygen atoms in total. The van der Waals surface area contributed by atoms with E-state index in [1.165, 1.54) is 13.8 Å². The topological polar surface area (TPSA) is 86.7 Å². The zero-order valence-corrected chi connectivity index (χ0v) is 15.0. The third-order valence-electron chi connectivity index (χ3n) is 1.58. The Morgan fingerprint density at radius 1 is 0.833 bits per heavy atom. The van der Waals surface area contributed by atoms with Crippen molar-refractivity contribution in [1.82, 2.24) is 0 Å². The normalized spacial score (nSPS) is 18.1. The summed E-state index contributed by atoms with van der Waals surface area (Å²) in [5.41, 5.74) is 0. The molecule has 108 valence electrons.